The maximum Gasteiger partial charge on any atom is 0.198 e. The number of carbonyl (C=O) groups is 1. The van der Waals surface area contributed by atoms with Crippen molar-refractivity contribution in [2.24, 2.45) is 0 Å². The van der Waals surface area contributed by atoms with Gasteiger partial charge in [0.25, 0.3) is 0 Å². The molecule has 0 N–H and O–H groups in total. The fourth-order valence-electron chi connectivity index (χ4n) is 1.96. The molecule has 0 amide bonds. The van der Waals surface area contributed by atoms with Crippen LogP contribution in [0.15, 0.2) is 28.7 Å². The number of furan rings is 1. The summed E-state index contributed by atoms with van der Waals surface area (Å²) in [6.45, 7) is 2.69. The summed E-state index contributed by atoms with van der Waals surface area (Å²) in [7, 11) is 1.69. The lowest BCUT2D eigenvalue weighted by Gasteiger charge is -1.99. The fourth-order valence-corrected chi connectivity index (χ4v) is 1.96. The molecule has 0 atom stereocenters. The van der Waals surface area contributed by atoms with Crippen LogP contribution >= 0.6 is 0 Å². The quantitative estimate of drug-likeness (QED) is 0.731. The van der Waals surface area contributed by atoms with Crippen LogP contribution in [-0.4, -0.2) is 19.5 Å². The highest BCUT2D eigenvalue weighted by Gasteiger charge is 2.11. The average Bonchev–Trinajstić information content (AvgIpc) is 2.79. The first-order valence-electron chi connectivity index (χ1n) is 6.29. The zero-order valence-corrected chi connectivity index (χ0v) is 10.9. The molecule has 3 heteroatoms. The molecule has 0 aliphatic rings. The molecule has 96 valence electrons. The van der Waals surface area contributed by atoms with Crippen molar-refractivity contribution >= 4 is 16.8 Å². The SMILES string of the molecule is CCCC(=O)c1cc2cc(CCOC)ccc2o1. The molecule has 0 saturated carbocycles. The Bertz CT molecular complexity index is 540. The van der Waals surface area contributed by atoms with Crippen LogP contribution < -0.4 is 0 Å². The average molecular weight is 246 g/mol. The van der Waals surface area contributed by atoms with Gasteiger partial charge in [-0.15, -0.1) is 0 Å². The molecular weight excluding hydrogens is 228 g/mol. The summed E-state index contributed by atoms with van der Waals surface area (Å²) in [5.41, 5.74) is 1.97. The second kappa shape index (κ2) is 5.83. The Labute approximate surface area is 107 Å². The van der Waals surface area contributed by atoms with E-state index in [9.17, 15) is 4.79 Å². The van der Waals surface area contributed by atoms with E-state index in [4.69, 9.17) is 9.15 Å². The largest absolute Gasteiger partial charge is 0.453 e. The van der Waals surface area contributed by atoms with Crippen LogP contribution in [0.5, 0.6) is 0 Å². The first kappa shape index (κ1) is 12.8. The Morgan fingerprint density at radius 3 is 2.89 bits per heavy atom. The number of fused-ring (bicyclic) bond motifs is 1. The van der Waals surface area contributed by atoms with E-state index < -0.39 is 0 Å². The van der Waals surface area contributed by atoms with Crippen LogP contribution in [0.2, 0.25) is 0 Å². The van der Waals surface area contributed by atoms with Crippen LogP contribution in [0.3, 0.4) is 0 Å². The minimum atomic E-state index is 0.0761. The van der Waals surface area contributed by atoms with E-state index >= 15 is 0 Å². The van der Waals surface area contributed by atoms with Crippen molar-refractivity contribution in [1.29, 1.82) is 0 Å². The molecule has 0 aliphatic carbocycles. The van der Waals surface area contributed by atoms with Gasteiger partial charge in [0.05, 0.1) is 6.61 Å². The van der Waals surface area contributed by atoms with Crippen molar-refractivity contribution in [2.75, 3.05) is 13.7 Å². The van der Waals surface area contributed by atoms with Gasteiger partial charge in [-0.1, -0.05) is 13.0 Å². The van der Waals surface area contributed by atoms with Crippen LogP contribution in [-0.2, 0) is 11.2 Å². The zero-order chi connectivity index (χ0) is 13.0. The number of ketones is 1. The van der Waals surface area contributed by atoms with Gasteiger partial charge in [-0.3, -0.25) is 4.79 Å². The van der Waals surface area contributed by atoms with Crippen LogP contribution in [0, 0.1) is 0 Å². The van der Waals surface area contributed by atoms with Gasteiger partial charge in [0.15, 0.2) is 11.5 Å². The van der Waals surface area contributed by atoms with Crippen molar-refractivity contribution in [3.8, 4) is 0 Å². The number of hydrogen-bond donors (Lipinski definition) is 0. The number of ether oxygens (including phenoxy) is 1. The van der Waals surface area contributed by atoms with Crippen molar-refractivity contribution in [1.82, 2.24) is 0 Å². The molecule has 0 aliphatic heterocycles. The van der Waals surface area contributed by atoms with E-state index in [1.807, 2.05) is 25.1 Å². The van der Waals surface area contributed by atoms with Crippen molar-refractivity contribution in [3.63, 3.8) is 0 Å². The second-order valence-corrected chi connectivity index (χ2v) is 4.40. The third-order valence-corrected chi connectivity index (χ3v) is 2.93. The smallest absolute Gasteiger partial charge is 0.198 e. The van der Waals surface area contributed by atoms with E-state index in [-0.39, 0.29) is 5.78 Å². The van der Waals surface area contributed by atoms with E-state index in [1.165, 1.54) is 5.56 Å². The molecule has 0 saturated heterocycles. The summed E-state index contributed by atoms with van der Waals surface area (Å²) < 4.78 is 10.6. The molecule has 0 unspecified atom stereocenters. The lowest BCUT2D eigenvalue weighted by Crippen LogP contribution is -1.94. The molecule has 18 heavy (non-hydrogen) atoms. The molecule has 0 radical (unpaired) electrons. The summed E-state index contributed by atoms with van der Waals surface area (Å²) in [5.74, 6) is 0.544. The summed E-state index contributed by atoms with van der Waals surface area (Å²) >= 11 is 0. The monoisotopic (exact) mass is 246 g/mol. The molecule has 0 fully saturated rings. The molecule has 2 rings (SSSR count). The lowest BCUT2D eigenvalue weighted by atomic mass is 10.1. The number of Topliss-reactive ketones (excluding diaryl/α,β-unsaturated/α-hetero) is 1. The Balaban J connectivity index is 2.25. The predicted molar refractivity (Wildman–Crippen MR) is 71.0 cm³/mol. The fraction of sp³-hybridized carbons (Fsp3) is 0.400. The normalized spacial score (nSPS) is 11.0. The highest BCUT2D eigenvalue weighted by atomic mass is 16.5. The van der Waals surface area contributed by atoms with Crippen LogP contribution in [0.4, 0.5) is 0 Å². The number of hydrogen-bond acceptors (Lipinski definition) is 3. The third kappa shape index (κ3) is 2.79. The molecule has 0 spiro atoms. The van der Waals surface area contributed by atoms with Gasteiger partial charge in [0, 0.05) is 18.9 Å². The Morgan fingerprint density at radius 1 is 1.33 bits per heavy atom. The van der Waals surface area contributed by atoms with Gasteiger partial charge < -0.3 is 9.15 Å². The molecule has 2 aromatic rings. The minimum Gasteiger partial charge on any atom is -0.453 e. The molecule has 1 aromatic carbocycles. The van der Waals surface area contributed by atoms with Crippen molar-refractivity contribution in [2.45, 2.75) is 26.2 Å². The molecule has 3 nitrogen and oxygen atoms in total. The third-order valence-electron chi connectivity index (χ3n) is 2.93. The predicted octanol–water partition coefficient (Wildman–Crippen LogP) is 3.60. The Hall–Kier alpha value is -1.61. The van der Waals surface area contributed by atoms with Crippen molar-refractivity contribution < 1.29 is 13.9 Å². The maximum atomic E-state index is 11.8. The standard InChI is InChI=1S/C15H18O3/c1-3-4-13(16)15-10-12-9-11(7-8-17-2)5-6-14(12)18-15/h5-6,9-10H,3-4,7-8H2,1-2H3. The summed E-state index contributed by atoms with van der Waals surface area (Å²) in [6, 6.07) is 7.83. The summed E-state index contributed by atoms with van der Waals surface area (Å²) in [4.78, 5) is 11.8. The number of rotatable bonds is 6. The number of methoxy groups -OCH3 is 1. The van der Waals surface area contributed by atoms with Gasteiger partial charge in [0.1, 0.15) is 5.58 Å². The van der Waals surface area contributed by atoms with Gasteiger partial charge >= 0.3 is 0 Å². The molecule has 1 heterocycles. The number of carbonyl (C=O) groups excluding carboxylic acids is 1. The maximum absolute atomic E-state index is 11.8. The first-order chi connectivity index (χ1) is 8.74. The van der Waals surface area contributed by atoms with Gasteiger partial charge in [-0.05, 0) is 36.6 Å². The molecular formula is C15H18O3. The van der Waals surface area contributed by atoms with Gasteiger partial charge in [0.2, 0.25) is 0 Å². The van der Waals surface area contributed by atoms with Gasteiger partial charge in [-0.25, -0.2) is 0 Å². The second-order valence-electron chi connectivity index (χ2n) is 4.40. The van der Waals surface area contributed by atoms with E-state index in [0.717, 1.165) is 23.8 Å². The van der Waals surface area contributed by atoms with E-state index in [2.05, 4.69) is 6.07 Å². The molecule has 1 aromatic heterocycles. The lowest BCUT2D eigenvalue weighted by molar-refractivity contribution is 0.0957. The summed E-state index contributed by atoms with van der Waals surface area (Å²) in [6.07, 6.45) is 2.25. The topological polar surface area (TPSA) is 39.4 Å². The van der Waals surface area contributed by atoms with E-state index in [0.29, 0.717) is 18.8 Å². The minimum absolute atomic E-state index is 0.0761. The zero-order valence-electron chi connectivity index (χ0n) is 10.9. The highest BCUT2D eigenvalue weighted by Crippen LogP contribution is 2.22. The Morgan fingerprint density at radius 2 is 2.17 bits per heavy atom. The highest BCUT2D eigenvalue weighted by molar-refractivity contribution is 5.97. The van der Waals surface area contributed by atoms with E-state index in [1.54, 1.807) is 7.11 Å². The van der Waals surface area contributed by atoms with Crippen LogP contribution in [0.25, 0.3) is 11.0 Å². The van der Waals surface area contributed by atoms with Crippen LogP contribution in [0.1, 0.15) is 35.9 Å². The summed E-state index contributed by atoms with van der Waals surface area (Å²) in [5, 5.41) is 0.989. The van der Waals surface area contributed by atoms with Gasteiger partial charge in [-0.2, -0.15) is 0 Å². The van der Waals surface area contributed by atoms with Crippen molar-refractivity contribution in [3.05, 3.63) is 35.6 Å². The number of benzene rings is 1. The first-order valence-corrected chi connectivity index (χ1v) is 6.29. The molecule has 0 bridgehead atoms. The Kier molecular flexibility index (Phi) is 4.15.